The van der Waals surface area contributed by atoms with Crippen molar-refractivity contribution in [3.05, 3.63) is 42.0 Å². The molecule has 0 bridgehead atoms. The number of sulfone groups is 1. The number of esters is 1. The first-order valence-electron chi connectivity index (χ1n) is 5.57. The summed E-state index contributed by atoms with van der Waals surface area (Å²) in [5.74, 6) is -0.694. The fraction of sp³-hybridized carbons (Fsp3) is 0.308. The molecule has 0 spiro atoms. The third-order valence-electron chi connectivity index (χ3n) is 2.82. The van der Waals surface area contributed by atoms with Crippen molar-refractivity contribution in [1.29, 1.82) is 0 Å². The summed E-state index contributed by atoms with van der Waals surface area (Å²) in [6.07, 6.45) is -0.333. The highest BCUT2D eigenvalue weighted by Gasteiger charge is 2.31. The van der Waals surface area contributed by atoms with Crippen LogP contribution in [0.1, 0.15) is 12.0 Å². The fourth-order valence-electron chi connectivity index (χ4n) is 1.81. The molecule has 1 aliphatic rings. The first kappa shape index (κ1) is 12.8. The van der Waals surface area contributed by atoms with Crippen molar-refractivity contribution >= 4 is 15.8 Å². The van der Waals surface area contributed by atoms with Gasteiger partial charge in [0.1, 0.15) is 6.10 Å². The van der Waals surface area contributed by atoms with E-state index in [0.717, 1.165) is 5.56 Å². The number of carbonyl (C=O) groups excluding carboxylic acids is 1. The topological polar surface area (TPSA) is 60.4 Å². The van der Waals surface area contributed by atoms with Crippen LogP contribution in [0.2, 0.25) is 0 Å². The van der Waals surface area contributed by atoms with E-state index in [0.29, 0.717) is 5.57 Å². The maximum atomic E-state index is 12.1. The Bertz CT molecular complexity index is 568. The highest BCUT2D eigenvalue weighted by Crippen LogP contribution is 2.22. The summed E-state index contributed by atoms with van der Waals surface area (Å²) < 4.78 is 29.1. The Morgan fingerprint density at radius 1 is 1.33 bits per heavy atom. The summed E-state index contributed by atoms with van der Waals surface area (Å²) >= 11 is 0. The molecule has 4 nitrogen and oxygen atoms in total. The van der Waals surface area contributed by atoms with Gasteiger partial charge in [-0.15, -0.1) is 0 Å². The van der Waals surface area contributed by atoms with Gasteiger partial charge in [0.25, 0.3) is 0 Å². The number of hydrogen-bond acceptors (Lipinski definition) is 4. The van der Waals surface area contributed by atoms with E-state index in [2.05, 4.69) is 6.58 Å². The molecule has 0 N–H and O–H groups in total. The lowest BCUT2D eigenvalue weighted by atomic mass is 10.2. The molecule has 96 valence electrons. The molecule has 1 fully saturated rings. The van der Waals surface area contributed by atoms with E-state index in [4.69, 9.17) is 4.74 Å². The molecule has 0 radical (unpaired) electrons. The van der Waals surface area contributed by atoms with E-state index in [1.165, 1.54) is 0 Å². The fourth-order valence-corrected chi connectivity index (χ4v) is 3.23. The Kier molecular flexibility index (Phi) is 3.26. The first-order chi connectivity index (χ1) is 8.38. The minimum atomic E-state index is -3.43. The summed E-state index contributed by atoms with van der Waals surface area (Å²) in [4.78, 5) is 11.4. The monoisotopic (exact) mass is 266 g/mol. The van der Waals surface area contributed by atoms with Crippen molar-refractivity contribution in [3.8, 4) is 0 Å². The van der Waals surface area contributed by atoms with E-state index in [1.54, 1.807) is 24.3 Å². The lowest BCUT2D eigenvalue weighted by Crippen LogP contribution is -2.20. The van der Waals surface area contributed by atoms with Crippen molar-refractivity contribution in [2.75, 3.05) is 5.75 Å². The second-order valence-corrected chi connectivity index (χ2v) is 6.46. The van der Waals surface area contributed by atoms with Crippen molar-refractivity contribution in [3.63, 3.8) is 0 Å². The van der Waals surface area contributed by atoms with Gasteiger partial charge in [-0.2, -0.15) is 0 Å². The number of carbonyl (C=O) groups is 1. The summed E-state index contributed by atoms with van der Waals surface area (Å²) in [6.45, 7) is 5.42. The van der Waals surface area contributed by atoms with Gasteiger partial charge in [-0.3, -0.25) is 0 Å². The Morgan fingerprint density at radius 3 is 2.44 bits per heavy atom. The van der Waals surface area contributed by atoms with E-state index in [1.807, 2.05) is 6.92 Å². The van der Waals surface area contributed by atoms with E-state index in [-0.39, 0.29) is 17.1 Å². The van der Waals surface area contributed by atoms with Crippen molar-refractivity contribution in [1.82, 2.24) is 0 Å². The summed E-state index contributed by atoms with van der Waals surface area (Å²) in [5.41, 5.74) is 1.33. The van der Waals surface area contributed by atoms with Crippen LogP contribution in [0.25, 0.3) is 0 Å². The molecule has 1 saturated heterocycles. The van der Waals surface area contributed by atoms with Gasteiger partial charge < -0.3 is 4.74 Å². The van der Waals surface area contributed by atoms with Crippen LogP contribution in [0.3, 0.4) is 0 Å². The van der Waals surface area contributed by atoms with Gasteiger partial charge in [0.2, 0.25) is 0 Å². The lowest BCUT2D eigenvalue weighted by Gasteiger charge is -2.09. The van der Waals surface area contributed by atoms with Crippen LogP contribution >= 0.6 is 0 Å². The molecule has 0 aromatic heterocycles. The number of benzene rings is 1. The summed E-state index contributed by atoms with van der Waals surface area (Å²) in [7, 11) is -3.43. The zero-order valence-corrected chi connectivity index (χ0v) is 10.9. The van der Waals surface area contributed by atoms with Gasteiger partial charge in [0, 0.05) is 12.0 Å². The highest BCUT2D eigenvalue weighted by atomic mass is 32.2. The minimum absolute atomic E-state index is 0.194. The molecule has 2 rings (SSSR count). The molecule has 1 aromatic rings. The molecule has 1 aliphatic heterocycles. The van der Waals surface area contributed by atoms with Crippen LogP contribution in [-0.4, -0.2) is 26.2 Å². The molecule has 5 heteroatoms. The highest BCUT2D eigenvalue weighted by molar-refractivity contribution is 7.91. The maximum absolute atomic E-state index is 12.1. The maximum Gasteiger partial charge on any atom is 0.333 e. The molecule has 0 aliphatic carbocycles. The van der Waals surface area contributed by atoms with Gasteiger partial charge in [-0.1, -0.05) is 24.3 Å². The molecule has 1 unspecified atom stereocenters. The minimum Gasteiger partial charge on any atom is -0.458 e. The number of hydrogen-bond donors (Lipinski definition) is 0. The van der Waals surface area contributed by atoms with Crippen LogP contribution in [0.5, 0.6) is 0 Å². The smallest absolute Gasteiger partial charge is 0.333 e. The molecule has 1 atom stereocenters. The van der Waals surface area contributed by atoms with E-state index < -0.39 is 21.9 Å². The number of ether oxygens (including phenoxy) is 1. The van der Waals surface area contributed by atoms with Gasteiger partial charge in [0.05, 0.1) is 10.6 Å². The SMILES string of the molecule is C=C1CC(CS(=O)(=O)c2ccc(C)cc2)OC1=O. The van der Waals surface area contributed by atoms with Crippen LogP contribution in [0, 0.1) is 6.92 Å². The Balaban J connectivity index is 2.15. The van der Waals surface area contributed by atoms with Gasteiger partial charge in [0.15, 0.2) is 9.84 Å². The second kappa shape index (κ2) is 4.57. The third-order valence-corrected chi connectivity index (χ3v) is 4.62. The standard InChI is InChI=1S/C13H14O4S/c1-9-3-5-12(6-4-9)18(15,16)8-11-7-10(2)13(14)17-11/h3-6,11H,2,7-8H2,1H3. The third kappa shape index (κ3) is 2.61. The van der Waals surface area contributed by atoms with Gasteiger partial charge >= 0.3 is 5.97 Å². The van der Waals surface area contributed by atoms with Crippen molar-refractivity contribution < 1.29 is 17.9 Å². The van der Waals surface area contributed by atoms with Gasteiger partial charge in [-0.05, 0) is 19.1 Å². The van der Waals surface area contributed by atoms with E-state index >= 15 is 0 Å². The van der Waals surface area contributed by atoms with Gasteiger partial charge in [-0.25, -0.2) is 13.2 Å². The summed E-state index contributed by atoms with van der Waals surface area (Å²) in [5, 5.41) is 0. The predicted octanol–water partition coefficient (Wildman–Crippen LogP) is 1.64. The molecule has 0 saturated carbocycles. The average Bonchev–Trinajstić information content (AvgIpc) is 2.57. The molecular formula is C13H14O4S. The first-order valence-corrected chi connectivity index (χ1v) is 7.22. The van der Waals surface area contributed by atoms with Crippen molar-refractivity contribution in [2.45, 2.75) is 24.3 Å². The largest absolute Gasteiger partial charge is 0.458 e. The quantitative estimate of drug-likeness (QED) is 0.616. The van der Waals surface area contributed by atoms with Crippen LogP contribution < -0.4 is 0 Å². The lowest BCUT2D eigenvalue weighted by molar-refractivity contribution is -0.138. The molecule has 1 heterocycles. The average molecular weight is 266 g/mol. The molecule has 1 aromatic carbocycles. The molecule has 18 heavy (non-hydrogen) atoms. The molecular weight excluding hydrogens is 252 g/mol. The van der Waals surface area contributed by atoms with Crippen LogP contribution in [0.15, 0.2) is 41.3 Å². The Labute approximate surface area is 106 Å². The number of rotatable bonds is 3. The second-order valence-electron chi connectivity index (χ2n) is 4.43. The molecule has 0 amide bonds. The van der Waals surface area contributed by atoms with Crippen LogP contribution in [0.4, 0.5) is 0 Å². The number of cyclic esters (lactones) is 1. The zero-order valence-electron chi connectivity index (χ0n) is 10.0. The van der Waals surface area contributed by atoms with Crippen LogP contribution in [-0.2, 0) is 19.4 Å². The zero-order chi connectivity index (χ0) is 13.3. The van der Waals surface area contributed by atoms with E-state index in [9.17, 15) is 13.2 Å². The summed E-state index contributed by atoms with van der Waals surface area (Å²) in [6, 6.07) is 6.62. The Morgan fingerprint density at radius 2 is 1.94 bits per heavy atom. The normalized spacial score (nSPS) is 19.9. The Hall–Kier alpha value is -1.62. The predicted molar refractivity (Wildman–Crippen MR) is 66.9 cm³/mol. The van der Waals surface area contributed by atoms with Crippen molar-refractivity contribution in [2.24, 2.45) is 0 Å². The number of aryl methyl sites for hydroxylation is 1.